The minimum Gasteiger partial charge on any atom is -0.496 e. The van der Waals surface area contributed by atoms with Crippen LogP contribution in [0, 0.1) is 0 Å². The standard InChI is InChI=1S/C18H26N4O3S/c1-21(15-9-11-26(23,24)13-15)10-8-18-19-17(20-22(18)2)12-14-6-4-5-7-16(14)25-3/h4-7,15H,8-13H2,1-3H3/t15-/m1/s1. The monoisotopic (exact) mass is 378 g/mol. The predicted molar refractivity (Wildman–Crippen MR) is 100 cm³/mol. The predicted octanol–water partition coefficient (Wildman–Crippen LogP) is 1.08. The Labute approximate surface area is 154 Å². The van der Waals surface area contributed by atoms with Crippen LogP contribution in [0.5, 0.6) is 5.75 Å². The van der Waals surface area contributed by atoms with E-state index < -0.39 is 9.84 Å². The molecule has 0 radical (unpaired) electrons. The van der Waals surface area contributed by atoms with E-state index in [2.05, 4.69) is 15.0 Å². The van der Waals surface area contributed by atoms with Crippen LogP contribution in [0.1, 0.15) is 23.6 Å². The smallest absolute Gasteiger partial charge is 0.155 e. The third kappa shape index (κ3) is 4.42. The van der Waals surface area contributed by atoms with Gasteiger partial charge in [0.1, 0.15) is 11.6 Å². The minimum absolute atomic E-state index is 0.112. The van der Waals surface area contributed by atoms with E-state index in [0.29, 0.717) is 12.2 Å². The molecule has 26 heavy (non-hydrogen) atoms. The Morgan fingerprint density at radius 2 is 2.12 bits per heavy atom. The molecule has 7 nitrogen and oxygen atoms in total. The molecular weight excluding hydrogens is 352 g/mol. The Morgan fingerprint density at radius 1 is 1.35 bits per heavy atom. The van der Waals surface area contributed by atoms with Crippen LogP contribution in [0.3, 0.4) is 0 Å². The fourth-order valence-electron chi connectivity index (χ4n) is 3.37. The van der Waals surface area contributed by atoms with Crippen molar-refractivity contribution in [3.05, 3.63) is 41.5 Å². The van der Waals surface area contributed by atoms with Gasteiger partial charge in [0.05, 0.1) is 18.6 Å². The molecule has 1 aliphatic heterocycles. The molecule has 1 aromatic carbocycles. The molecule has 0 saturated carbocycles. The zero-order chi connectivity index (χ0) is 18.7. The highest BCUT2D eigenvalue weighted by molar-refractivity contribution is 7.91. The lowest BCUT2D eigenvalue weighted by atomic mass is 10.1. The van der Waals surface area contributed by atoms with E-state index in [9.17, 15) is 8.42 Å². The number of hydrogen-bond donors (Lipinski definition) is 0. The highest BCUT2D eigenvalue weighted by Crippen LogP contribution is 2.20. The van der Waals surface area contributed by atoms with Crippen molar-refractivity contribution in [2.24, 2.45) is 7.05 Å². The van der Waals surface area contributed by atoms with Crippen molar-refractivity contribution < 1.29 is 13.2 Å². The van der Waals surface area contributed by atoms with Crippen molar-refractivity contribution in [3.63, 3.8) is 0 Å². The number of hydrogen-bond acceptors (Lipinski definition) is 6. The fourth-order valence-corrected chi connectivity index (χ4v) is 5.17. The maximum Gasteiger partial charge on any atom is 0.155 e. The van der Waals surface area contributed by atoms with Crippen LogP contribution in [0.2, 0.25) is 0 Å². The zero-order valence-corrected chi connectivity index (χ0v) is 16.4. The van der Waals surface area contributed by atoms with Crippen molar-refractivity contribution in [2.75, 3.05) is 32.2 Å². The number of likely N-dealkylation sites (N-methyl/N-ethyl adjacent to an activating group) is 1. The maximum absolute atomic E-state index is 11.6. The number of methoxy groups -OCH3 is 1. The molecule has 1 aromatic heterocycles. The summed E-state index contributed by atoms with van der Waals surface area (Å²) >= 11 is 0. The first-order chi connectivity index (χ1) is 12.4. The number of sulfone groups is 1. The third-order valence-electron chi connectivity index (χ3n) is 4.96. The summed E-state index contributed by atoms with van der Waals surface area (Å²) in [7, 11) is 2.69. The van der Waals surface area contributed by atoms with E-state index in [1.54, 1.807) is 7.11 Å². The van der Waals surface area contributed by atoms with Crippen LogP contribution in [-0.4, -0.2) is 66.3 Å². The molecule has 1 saturated heterocycles. The first-order valence-electron chi connectivity index (χ1n) is 8.79. The number of ether oxygens (including phenoxy) is 1. The molecule has 0 N–H and O–H groups in total. The summed E-state index contributed by atoms with van der Waals surface area (Å²) in [6.07, 6.45) is 2.08. The summed E-state index contributed by atoms with van der Waals surface area (Å²) in [5, 5.41) is 4.52. The van der Waals surface area contributed by atoms with Gasteiger partial charge < -0.3 is 9.64 Å². The molecule has 142 valence electrons. The van der Waals surface area contributed by atoms with Gasteiger partial charge in [-0.05, 0) is 19.5 Å². The number of nitrogens with zero attached hydrogens (tertiary/aromatic N) is 4. The topological polar surface area (TPSA) is 77.3 Å². The molecule has 0 amide bonds. The molecule has 0 aliphatic carbocycles. The summed E-state index contributed by atoms with van der Waals surface area (Å²) < 4.78 is 30.5. The SMILES string of the molecule is COc1ccccc1Cc1nc(CCN(C)[C@@H]2CCS(=O)(=O)C2)n(C)n1. The average molecular weight is 378 g/mol. The Morgan fingerprint density at radius 3 is 2.81 bits per heavy atom. The highest BCUT2D eigenvalue weighted by Gasteiger charge is 2.30. The Bertz CT molecular complexity index is 863. The van der Waals surface area contributed by atoms with Crippen LogP contribution in [0.15, 0.2) is 24.3 Å². The van der Waals surface area contributed by atoms with Crippen LogP contribution < -0.4 is 4.74 Å². The van der Waals surface area contributed by atoms with E-state index >= 15 is 0 Å². The van der Waals surface area contributed by atoms with E-state index in [1.807, 2.05) is 43.0 Å². The lowest BCUT2D eigenvalue weighted by molar-refractivity contribution is 0.262. The van der Waals surface area contributed by atoms with Gasteiger partial charge in [-0.25, -0.2) is 13.4 Å². The van der Waals surface area contributed by atoms with E-state index in [1.165, 1.54) is 0 Å². The Hall–Kier alpha value is -1.93. The first-order valence-corrected chi connectivity index (χ1v) is 10.6. The first kappa shape index (κ1) is 18.8. The number of aryl methyl sites for hydroxylation is 1. The Balaban J connectivity index is 1.61. The third-order valence-corrected chi connectivity index (χ3v) is 6.71. The van der Waals surface area contributed by atoms with Crippen molar-refractivity contribution in [3.8, 4) is 5.75 Å². The highest BCUT2D eigenvalue weighted by atomic mass is 32.2. The largest absolute Gasteiger partial charge is 0.496 e. The summed E-state index contributed by atoms with van der Waals surface area (Å²) in [6.45, 7) is 0.765. The van der Waals surface area contributed by atoms with Gasteiger partial charge in [-0.3, -0.25) is 4.68 Å². The van der Waals surface area contributed by atoms with Gasteiger partial charge in [0.15, 0.2) is 15.7 Å². The van der Waals surface area contributed by atoms with Crippen LogP contribution in [0.4, 0.5) is 0 Å². The molecule has 0 spiro atoms. The fraction of sp³-hybridized carbons (Fsp3) is 0.556. The van der Waals surface area contributed by atoms with Gasteiger partial charge in [-0.2, -0.15) is 5.10 Å². The van der Waals surface area contributed by atoms with Gasteiger partial charge in [-0.15, -0.1) is 0 Å². The normalized spacial score (nSPS) is 19.2. The second kappa shape index (κ2) is 7.75. The molecule has 3 rings (SSSR count). The van der Waals surface area contributed by atoms with Crippen LogP contribution >= 0.6 is 0 Å². The van der Waals surface area contributed by atoms with Gasteiger partial charge >= 0.3 is 0 Å². The quantitative estimate of drug-likeness (QED) is 0.717. The lowest BCUT2D eigenvalue weighted by Crippen LogP contribution is -2.34. The Kier molecular flexibility index (Phi) is 5.62. The van der Waals surface area contributed by atoms with Gasteiger partial charge in [0.25, 0.3) is 0 Å². The molecule has 0 bridgehead atoms. The number of rotatable bonds is 7. The second-order valence-electron chi connectivity index (χ2n) is 6.84. The van der Waals surface area contributed by atoms with Gasteiger partial charge in [0.2, 0.25) is 0 Å². The number of aromatic nitrogens is 3. The molecule has 1 fully saturated rings. The number of para-hydroxylation sites is 1. The molecule has 2 aromatic rings. The molecular formula is C18H26N4O3S. The average Bonchev–Trinajstić information content (AvgIpc) is 3.15. The molecule has 2 heterocycles. The van der Waals surface area contributed by atoms with Crippen molar-refractivity contribution >= 4 is 9.84 Å². The van der Waals surface area contributed by atoms with E-state index in [0.717, 1.165) is 42.3 Å². The molecule has 8 heteroatoms. The van der Waals surface area contributed by atoms with Gasteiger partial charge in [0, 0.05) is 38.0 Å². The summed E-state index contributed by atoms with van der Waals surface area (Å²) in [5.41, 5.74) is 1.06. The zero-order valence-electron chi connectivity index (χ0n) is 15.6. The number of benzene rings is 1. The van der Waals surface area contributed by atoms with Crippen LogP contribution in [-0.2, 0) is 29.7 Å². The summed E-state index contributed by atoms with van der Waals surface area (Å²) in [4.78, 5) is 6.78. The van der Waals surface area contributed by atoms with Gasteiger partial charge in [-0.1, -0.05) is 18.2 Å². The molecule has 0 unspecified atom stereocenters. The second-order valence-corrected chi connectivity index (χ2v) is 9.07. The van der Waals surface area contributed by atoms with Crippen LogP contribution in [0.25, 0.3) is 0 Å². The minimum atomic E-state index is -2.86. The lowest BCUT2D eigenvalue weighted by Gasteiger charge is -2.22. The molecule has 1 aliphatic rings. The molecule has 1 atom stereocenters. The maximum atomic E-state index is 11.6. The van der Waals surface area contributed by atoms with Crippen molar-refractivity contribution in [1.29, 1.82) is 0 Å². The van der Waals surface area contributed by atoms with E-state index in [-0.39, 0.29) is 11.8 Å². The van der Waals surface area contributed by atoms with Crippen molar-refractivity contribution in [2.45, 2.75) is 25.3 Å². The van der Waals surface area contributed by atoms with Crippen molar-refractivity contribution in [1.82, 2.24) is 19.7 Å². The summed E-state index contributed by atoms with van der Waals surface area (Å²) in [6, 6.07) is 7.99. The summed E-state index contributed by atoms with van der Waals surface area (Å²) in [5.74, 6) is 3.07. The van der Waals surface area contributed by atoms with E-state index in [4.69, 9.17) is 4.74 Å².